The van der Waals surface area contributed by atoms with Crippen molar-refractivity contribution in [3.8, 4) is 0 Å². The number of carboxylic acid groups (broad SMARTS) is 1. The van der Waals surface area contributed by atoms with Crippen LogP contribution in [0.15, 0.2) is 48.5 Å². The van der Waals surface area contributed by atoms with Crippen LogP contribution in [0.25, 0.3) is 0 Å². The number of rotatable bonds is 6. The number of benzene rings is 2. The highest BCUT2D eigenvalue weighted by Gasteiger charge is 2.34. The molecule has 0 aromatic heterocycles. The highest BCUT2D eigenvalue weighted by Crippen LogP contribution is 2.40. The van der Waals surface area contributed by atoms with Crippen molar-refractivity contribution in [2.24, 2.45) is 0 Å². The second-order valence-electron chi connectivity index (χ2n) is 7.26. The van der Waals surface area contributed by atoms with Crippen molar-refractivity contribution in [2.75, 3.05) is 6.54 Å². The standard InChI is InChI=1S/C22H27NO2/c1-17-8-3-4-11-20(17)22(12-5-2-6-13-22)16-23-15-18-9-7-10-19(14-18)21(24)25/h3-4,7-11,14,23H,2,5-6,12-13,15-16H2,1H3,(H,24,25). The highest BCUT2D eigenvalue weighted by molar-refractivity contribution is 5.87. The molecule has 132 valence electrons. The molecule has 0 bridgehead atoms. The van der Waals surface area contributed by atoms with Crippen LogP contribution in [0, 0.1) is 6.92 Å². The van der Waals surface area contributed by atoms with E-state index in [0.29, 0.717) is 12.1 Å². The molecule has 0 radical (unpaired) electrons. The molecule has 0 amide bonds. The van der Waals surface area contributed by atoms with E-state index in [0.717, 1.165) is 12.1 Å². The molecule has 25 heavy (non-hydrogen) atoms. The number of aromatic carboxylic acids is 1. The quantitative estimate of drug-likeness (QED) is 0.804. The van der Waals surface area contributed by atoms with Crippen molar-refractivity contribution in [1.29, 1.82) is 0 Å². The molecule has 0 atom stereocenters. The smallest absolute Gasteiger partial charge is 0.335 e. The number of aryl methyl sites for hydroxylation is 1. The van der Waals surface area contributed by atoms with Gasteiger partial charge >= 0.3 is 5.97 Å². The summed E-state index contributed by atoms with van der Waals surface area (Å²) in [6.07, 6.45) is 6.34. The van der Waals surface area contributed by atoms with Gasteiger partial charge in [-0.1, -0.05) is 55.7 Å². The monoisotopic (exact) mass is 337 g/mol. The molecule has 2 aromatic carbocycles. The topological polar surface area (TPSA) is 49.3 Å². The predicted octanol–water partition coefficient (Wildman–Crippen LogP) is 4.68. The maximum Gasteiger partial charge on any atom is 0.335 e. The van der Waals surface area contributed by atoms with Gasteiger partial charge in [0.1, 0.15) is 0 Å². The van der Waals surface area contributed by atoms with E-state index in [-0.39, 0.29) is 5.41 Å². The zero-order valence-corrected chi connectivity index (χ0v) is 14.9. The zero-order valence-electron chi connectivity index (χ0n) is 14.9. The third kappa shape index (κ3) is 4.10. The van der Waals surface area contributed by atoms with Crippen LogP contribution >= 0.6 is 0 Å². The molecule has 0 saturated heterocycles. The van der Waals surface area contributed by atoms with Gasteiger partial charge in [-0.2, -0.15) is 0 Å². The van der Waals surface area contributed by atoms with E-state index in [4.69, 9.17) is 5.11 Å². The molecule has 1 aliphatic carbocycles. The molecule has 2 aromatic rings. The Morgan fingerprint density at radius 1 is 1.08 bits per heavy atom. The fraction of sp³-hybridized carbons (Fsp3) is 0.409. The molecule has 3 heteroatoms. The Hall–Kier alpha value is -2.13. The first-order chi connectivity index (χ1) is 12.1. The Bertz CT molecular complexity index is 732. The Morgan fingerprint density at radius 2 is 1.84 bits per heavy atom. The van der Waals surface area contributed by atoms with Crippen molar-refractivity contribution in [3.05, 3.63) is 70.8 Å². The molecule has 0 heterocycles. The minimum atomic E-state index is -0.870. The maximum atomic E-state index is 11.1. The molecule has 1 aliphatic rings. The van der Waals surface area contributed by atoms with E-state index >= 15 is 0 Å². The van der Waals surface area contributed by atoms with Crippen molar-refractivity contribution < 1.29 is 9.90 Å². The number of carbonyl (C=O) groups is 1. The van der Waals surface area contributed by atoms with Crippen LogP contribution in [0.2, 0.25) is 0 Å². The van der Waals surface area contributed by atoms with Crippen molar-refractivity contribution in [3.63, 3.8) is 0 Å². The van der Waals surface area contributed by atoms with Crippen LogP contribution in [0.5, 0.6) is 0 Å². The van der Waals surface area contributed by atoms with Gasteiger partial charge in [0.15, 0.2) is 0 Å². The minimum absolute atomic E-state index is 0.202. The lowest BCUT2D eigenvalue weighted by atomic mass is 9.68. The first-order valence-corrected chi connectivity index (χ1v) is 9.20. The van der Waals surface area contributed by atoms with Crippen molar-refractivity contribution >= 4 is 5.97 Å². The fourth-order valence-corrected chi connectivity index (χ4v) is 4.20. The van der Waals surface area contributed by atoms with Crippen molar-refractivity contribution in [1.82, 2.24) is 5.32 Å². The van der Waals surface area contributed by atoms with E-state index in [1.165, 1.54) is 43.2 Å². The second-order valence-corrected chi connectivity index (χ2v) is 7.26. The van der Waals surface area contributed by atoms with Crippen LogP contribution in [0.1, 0.15) is 59.2 Å². The van der Waals surface area contributed by atoms with Gasteiger partial charge in [-0.15, -0.1) is 0 Å². The molecule has 0 unspecified atom stereocenters. The summed E-state index contributed by atoms with van der Waals surface area (Å²) in [4.78, 5) is 11.1. The lowest BCUT2D eigenvalue weighted by Gasteiger charge is -2.39. The first kappa shape index (κ1) is 17.7. The van der Waals surface area contributed by atoms with Gasteiger partial charge in [0.05, 0.1) is 5.56 Å². The van der Waals surface area contributed by atoms with Crippen LogP contribution in [0.4, 0.5) is 0 Å². The van der Waals surface area contributed by atoms with Gasteiger partial charge in [-0.05, 0) is 48.6 Å². The molecule has 1 fully saturated rings. The summed E-state index contributed by atoms with van der Waals surface area (Å²) in [5.41, 5.74) is 4.43. The van der Waals surface area contributed by atoms with Crippen LogP contribution in [0.3, 0.4) is 0 Å². The molecule has 0 spiro atoms. The van der Waals surface area contributed by atoms with Gasteiger partial charge in [0.25, 0.3) is 0 Å². The average molecular weight is 337 g/mol. The van der Waals surface area contributed by atoms with Crippen LogP contribution < -0.4 is 5.32 Å². The summed E-state index contributed by atoms with van der Waals surface area (Å²) in [5, 5.41) is 12.7. The Labute approximate surface area is 150 Å². The van der Waals surface area contributed by atoms with E-state index in [1.807, 2.05) is 12.1 Å². The lowest BCUT2D eigenvalue weighted by Crippen LogP contribution is -2.40. The molecular weight excluding hydrogens is 310 g/mol. The molecule has 1 saturated carbocycles. The Kier molecular flexibility index (Phi) is 5.54. The van der Waals surface area contributed by atoms with E-state index in [9.17, 15) is 4.79 Å². The molecule has 3 rings (SSSR count). The first-order valence-electron chi connectivity index (χ1n) is 9.20. The van der Waals surface area contributed by atoms with E-state index in [1.54, 1.807) is 12.1 Å². The second kappa shape index (κ2) is 7.83. The zero-order chi connectivity index (χ0) is 17.7. The van der Waals surface area contributed by atoms with Gasteiger partial charge in [0, 0.05) is 18.5 Å². The SMILES string of the molecule is Cc1ccccc1C1(CNCc2cccc(C(=O)O)c2)CCCCC1. The minimum Gasteiger partial charge on any atom is -0.478 e. The molecule has 3 nitrogen and oxygen atoms in total. The van der Waals surface area contributed by atoms with Gasteiger partial charge in [-0.25, -0.2) is 4.79 Å². The van der Waals surface area contributed by atoms with Crippen LogP contribution in [-0.2, 0) is 12.0 Å². The third-order valence-electron chi connectivity index (χ3n) is 5.49. The van der Waals surface area contributed by atoms with E-state index < -0.39 is 5.97 Å². The highest BCUT2D eigenvalue weighted by atomic mass is 16.4. The molecular formula is C22H27NO2. The molecule has 2 N–H and O–H groups in total. The largest absolute Gasteiger partial charge is 0.478 e. The Morgan fingerprint density at radius 3 is 2.56 bits per heavy atom. The predicted molar refractivity (Wildman–Crippen MR) is 101 cm³/mol. The van der Waals surface area contributed by atoms with Crippen molar-refractivity contribution in [2.45, 2.75) is 51.0 Å². The van der Waals surface area contributed by atoms with Gasteiger partial charge in [0.2, 0.25) is 0 Å². The normalized spacial score (nSPS) is 16.5. The maximum absolute atomic E-state index is 11.1. The lowest BCUT2D eigenvalue weighted by molar-refractivity contribution is 0.0696. The summed E-state index contributed by atoms with van der Waals surface area (Å²) >= 11 is 0. The summed E-state index contributed by atoms with van der Waals surface area (Å²) in [7, 11) is 0. The molecule has 0 aliphatic heterocycles. The number of nitrogens with one attached hydrogen (secondary N) is 1. The Balaban J connectivity index is 1.73. The number of hydrogen-bond donors (Lipinski definition) is 2. The van der Waals surface area contributed by atoms with Gasteiger partial charge < -0.3 is 10.4 Å². The number of carboxylic acids is 1. The fourth-order valence-electron chi connectivity index (χ4n) is 4.20. The van der Waals surface area contributed by atoms with E-state index in [2.05, 4.69) is 36.5 Å². The summed E-state index contributed by atoms with van der Waals surface area (Å²) < 4.78 is 0. The van der Waals surface area contributed by atoms with Crippen LogP contribution in [-0.4, -0.2) is 17.6 Å². The summed E-state index contributed by atoms with van der Waals surface area (Å²) in [5.74, 6) is -0.870. The number of hydrogen-bond acceptors (Lipinski definition) is 2. The third-order valence-corrected chi connectivity index (χ3v) is 5.49. The summed E-state index contributed by atoms with van der Waals surface area (Å²) in [6, 6.07) is 16.0. The average Bonchev–Trinajstić information content (AvgIpc) is 2.63. The van der Waals surface area contributed by atoms with Gasteiger partial charge in [-0.3, -0.25) is 0 Å². The summed E-state index contributed by atoms with van der Waals surface area (Å²) in [6.45, 7) is 3.85.